The van der Waals surface area contributed by atoms with Gasteiger partial charge < -0.3 is 9.29 Å². The van der Waals surface area contributed by atoms with Crippen molar-refractivity contribution in [2.24, 2.45) is 0 Å². The molecule has 0 saturated heterocycles. The van der Waals surface area contributed by atoms with Gasteiger partial charge in [-0.15, -0.1) is 0 Å². The number of nitrogens with zero attached hydrogens (tertiary/aromatic N) is 2. The van der Waals surface area contributed by atoms with Crippen molar-refractivity contribution in [1.82, 2.24) is 4.48 Å². The molecule has 2 aromatic carbocycles. The molecule has 1 aliphatic heterocycles. The molecule has 1 aromatic heterocycles. The van der Waals surface area contributed by atoms with Crippen LogP contribution < -0.4 is 10.3 Å². The average molecular weight is 356 g/mol. The molecule has 0 radical (unpaired) electrons. The highest BCUT2D eigenvalue weighted by molar-refractivity contribution is 6.76. The van der Waals surface area contributed by atoms with Crippen molar-refractivity contribution >= 4 is 18.1 Å². The summed E-state index contributed by atoms with van der Waals surface area (Å²) in [4.78, 5) is 2.65. The van der Waals surface area contributed by atoms with E-state index < -0.39 is 0 Å². The van der Waals surface area contributed by atoms with E-state index in [1.807, 2.05) is 0 Å². The number of anilines is 1. The van der Waals surface area contributed by atoms with Crippen LogP contribution in [0.15, 0.2) is 66.9 Å². The average Bonchev–Trinajstić information content (AvgIpc) is 3.23. The van der Waals surface area contributed by atoms with Gasteiger partial charge in [0.25, 0.3) is 0 Å². The molecular weight excluding hydrogens is 327 g/mol. The van der Waals surface area contributed by atoms with Gasteiger partial charge in [0.2, 0.25) is 0 Å². The molecular formula is C24H29BN2. The fourth-order valence-corrected chi connectivity index (χ4v) is 4.54. The summed E-state index contributed by atoms with van der Waals surface area (Å²) in [5, 5.41) is 0. The fraction of sp³-hybridized carbons (Fsp3) is 0.333. The van der Waals surface area contributed by atoms with Crippen molar-refractivity contribution in [3.8, 4) is 0 Å². The van der Waals surface area contributed by atoms with Gasteiger partial charge in [0.1, 0.15) is 0 Å². The number of rotatable bonds is 4. The van der Waals surface area contributed by atoms with Crippen molar-refractivity contribution in [2.75, 3.05) is 4.81 Å². The molecule has 138 valence electrons. The van der Waals surface area contributed by atoms with E-state index in [9.17, 15) is 0 Å². The number of fused-ring (bicyclic) bond motifs is 1. The van der Waals surface area contributed by atoms with E-state index in [1.54, 1.807) is 0 Å². The second-order valence-electron chi connectivity index (χ2n) is 8.30. The Bertz CT molecular complexity index is 900. The van der Waals surface area contributed by atoms with E-state index in [0.29, 0.717) is 17.9 Å². The van der Waals surface area contributed by atoms with Gasteiger partial charge in [0, 0.05) is 11.4 Å². The van der Waals surface area contributed by atoms with Gasteiger partial charge in [0.15, 0.2) is 0 Å². The lowest BCUT2D eigenvalue weighted by molar-refractivity contribution is 0.774. The summed E-state index contributed by atoms with van der Waals surface area (Å²) in [6, 6.07) is 22.6. The number of para-hydroxylation sites is 1. The van der Waals surface area contributed by atoms with Crippen LogP contribution in [0.1, 0.15) is 69.3 Å². The highest BCUT2D eigenvalue weighted by atomic mass is 15.3. The van der Waals surface area contributed by atoms with Gasteiger partial charge >= 0.3 is 6.98 Å². The van der Waals surface area contributed by atoms with E-state index in [1.165, 1.54) is 28.0 Å². The number of aromatic nitrogens is 1. The summed E-state index contributed by atoms with van der Waals surface area (Å²) in [6.07, 6.45) is 2.23. The van der Waals surface area contributed by atoms with Gasteiger partial charge in [-0.25, -0.2) is 0 Å². The van der Waals surface area contributed by atoms with Crippen LogP contribution >= 0.6 is 0 Å². The number of hydrogen-bond donors (Lipinski definition) is 0. The number of benzene rings is 2. The number of hydrogen-bond acceptors (Lipinski definition) is 1. The molecule has 0 saturated carbocycles. The molecule has 0 fully saturated rings. The molecule has 3 heteroatoms. The van der Waals surface area contributed by atoms with E-state index in [0.717, 1.165) is 0 Å². The van der Waals surface area contributed by atoms with Crippen molar-refractivity contribution in [3.05, 3.63) is 83.7 Å². The van der Waals surface area contributed by atoms with Crippen LogP contribution in [0, 0.1) is 0 Å². The van der Waals surface area contributed by atoms with Crippen molar-refractivity contribution in [3.63, 3.8) is 0 Å². The zero-order chi connectivity index (χ0) is 19.1. The predicted octanol–water partition coefficient (Wildman–Crippen LogP) is 5.56. The van der Waals surface area contributed by atoms with E-state index in [-0.39, 0.29) is 6.98 Å². The first-order valence-electron chi connectivity index (χ1n) is 10.1. The largest absolute Gasteiger partial charge is 0.415 e. The molecule has 0 N–H and O–H groups in total. The summed E-state index contributed by atoms with van der Waals surface area (Å²) >= 11 is 0. The van der Waals surface area contributed by atoms with Crippen molar-refractivity contribution in [2.45, 2.75) is 52.5 Å². The van der Waals surface area contributed by atoms with Crippen LogP contribution in [0.4, 0.5) is 5.69 Å². The molecule has 0 aliphatic carbocycles. The second-order valence-corrected chi connectivity index (χ2v) is 8.30. The molecule has 0 amide bonds. The van der Waals surface area contributed by atoms with Gasteiger partial charge in [-0.2, -0.15) is 0 Å². The minimum absolute atomic E-state index is 0.198. The van der Waals surface area contributed by atoms with Gasteiger partial charge in [-0.1, -0.05) is 76.2 Å². The molecule has 0 spiro atoms. The van der Waals surface area contributed by atoms with Crippen LogP contribution in [0.2, 0.25) is 0 Å². The first-order valence-corrected chi connectivity index (χ1v) is 10.1. The Morgan fingerprint density at radius 2 is 1.41 bits per heavy atom. The summed E-state index contributed by atoms with van der Waals surface area (Å²) in [5.41, 5.74) is 7.04. The van der Waals surface area contributed by atoms with Crippen LogP contribution in [0.3, 0.4) is 0 Å². The van der Waals surface area contributed by atoms with Crippen molar-refractivity contribution in [1.29, 1.82) is 0 Å². The Balaban J connectivity index is 1.97. The van der Waals surface area contributed by atoms with Crippen LogP contribution in [-0.4, -0.2) is 11.5 Å². The fourth-order valence-electron chi connectivity index (χ4n) is 4.54. The lowest BCUT2D eigenvalue weighted by Crippen LogP contribution is -2.50. The lowest BCUT2D eigenvalue weighted by Gasteiger charge is -2.35. The van der Waals surface area contributed by atoms with Gasteiger partial charge in [-0.3, -0.25) is 0 Å². The normalized spacial score (nSPS) is 16.5. The lowest BCUT2D eigenvalue weighted by atomic mass is 9.65. The molecule has 2 nitrogen and oxygen atoms in total. The zero-order valence-electron chi connectivity index (χ0n) is 17.1. The van der Waals surface area contributed by atoms with E-state index >= 15 is 0 Å². The second kappa shape index (κ2) is 6.96. The topological polar surface area (TPSA) is 8.17 Å². The maximum Gasteiger partial charge on any atom is 0.415 e. The smallest absolute Gasteiger partial charge is 0.383 e. The van der Waals surface area contributed by atoms with E-state index in [4.69, 9.17) is 0 Å². The van der Waals surface area contributed by atoms with Gasteiger partial charge in [-0.05, 0) is 53.7 Å². The van der Waals surface area contributed by atoms with Crippen LogP contribution in [0.5, 0.6) is 0 Å². The highest BCUT2D eigenvalue weighted by Gasteiger charge is 2.42. The first-order chi connectivity index (χ1) is 13.0. The zero-order valence-corrected chi connectivity index (χ0v) is 17.1. The van der Waals surface area contributed by atoms with Crippen molar-refractivity contribution < 1.29 is 0 Å². The molecule has 0 bridgehead atoms. The monoisotopic (exact) mass is 356 g/mol. The third kappa shape index (κ3) is 2.90. The Kier molecular flexibility index (Phi) is 4.63. The quantitative estimate of drug-likeness (QED) is 0.556. The molecule has 3 aromatic rings. The minimum Gasteiger partial charge on any atom is -0.383 e. The molecule has 1 aliphatic rings. The minimum atomic E-state index is 0.198. The third-order valence-corrected chi connectivity index (χ3v) is 5.88. The maximum absolute atomic E-state index is 2.65. The standard InChI is InChI=1S/C24H29BN2/c1-17(2)21-13-9-14-22(18(3)4)24(21)27-19(5)23-15-10-16-26(23)25(27)20-11-7-6-8-12-20/h6-19H,1-5H3. The Labute approximate surface area is 164 Å². The van der Waals surface area contributed by atoms with E-state index in [2.05, 4.69) is 111 Å². The Morgan fingerprint density at radius 1 is 0.778 bits per heavy atom. The predicted molar refractivity (Wildman–Crippen MR) is 117 cm³/mol. The summed E-state index contributed by atoms with van der Waals surface area (Å²) < 4.78 is 2.45. The molecule has 1 atom stereocenters. The summed E-state index contributed by atoms with van der Waals surface area (Å²) in [6.45, 7) is 11.8. The molecule has 27 heavy (non-hydrogen) atoms. The SMILES string of the molecule is CC(C)c1cccc(C(C)C)c1N1B(c2ccccc2)n2cccc2C1C. The maximum atomic E-state index is 2.65. The molecule has 2 heterocycles. The van der Waals surface area contributed by atoms with Crippen LogP contribution in [-0.2, 0) is 0 Å². The Morgan fingerprint density at radius 3 is 2.00 bits per heavy atom. The van der Waals surface area contributed by atoms with Crippen LogP contribution in [0.25, 0.3) is 0 Å². The third-order valence-electron chi connectivity index (χ3n) is 5.88. The highest BCUT2D eigenvalue weighted by Crippen LogP contribution is 2.42. The van der Waals surface area contributed by atoms with Gasteiger partial charge in [0.05, 0.1) is 6.04 Å². The first kappa shape index (κ1) is 18.0. The summed E-state index contributed by atoms with van der Waals surface area (Å²) in [7, 11) is 0. The molecule has 4 rings (SSSR count). The Hall–Kier alpha value is -2.42. The molecule has 1 unspecified atom stereocenters. The summed E-state index contributed by atoms with van der Waals surface area (Å²) in [5.74, 6) is 0.976.